The van der Waals surface area contributed by atoms with Gasteiger partial charge in [0.05, 0.1) is 11.3 Å². The van der Waals surface area contributed by atoms with Gasteiger partial charge in [-0.1, -0.05) is 54.6 Å². The van der Waals surface area contributed by atoms with Crippen LogP contribution in [0.3, 0.4) is 0 Å². The molecule has 0 radical (unpaired) electrons. The maximum Gasteiger partial charge on any atom is 0.304 e. The van der Waals surface area contributed by atoms with Gasteiger partial charge in [-0.25, -0.2) is 13.6 Å². The Kier molecular flexibility index (Phi) is 4.57. The summed E-state index contributed by atoms with van der Waals surface area (Å²) < 4.78 is 24.3. The van der Waals surface area contributed by atoms with Crippen molar-refractivity contribution in [3.05, 3.63) is 77.9 Å². The Balaban J connectivity index is 2.30. The van der Waals surface area contributed by atoms with Crippen molar-refractivity contribution < 1.29 is 18.3 Å². The molecule has 3 aromatic carbocycles. The first-order valence-electron chi connectivity index (χ1n) is 7.68. The molecule has 6 heteroatoms. The van der Waals surface area contributed by atoms with E-state index >= 15 is 0 Å². The Morgan fingerprint density at radius 1 is 0.960 bits per heavy atom. The standard InChI is InChI=1S/C19H17NO4S/c20-25(23,24)18-11-15-9-5-4-8-14(15)10-17(18)16(12-19(21)22)13-6-2-1-3-7-13/h1-11,16H,12H2,(H,21,22)(H2,20,23,24). The van der Waals surface area contributed by atoms with E-state index in [4.69, 9.17) is 5.14 Å². The highest BCUT2D eigenvalue weighted by Gasteiger charge is 2.25. The summed E-state index contributed by atoms with van der Waals surface area (Å²) in [6, 6.07) is 19.5. The molecule has 25 heavy (non-hydrogen) atoms. The van der Waals surface area contributed by atoms with E-state index < -0.39 is 21.9 Å². The third-order valence-corrected chi connectivity index (χ3v) is 5.11. The summed E-state index contributed by atoms with van der Waals surface area (Å²) in [4.78, 5) is 11.4. The maximum atomic E-state index is 12.1. The number of nitrogens with two attached hydrogens (primary N) is 1. The van der Waals surface area contributed by atoms with Gasteiger partial charge in [0.25, 0.3) is 0 Å². The van der Waals surface area contributed by atoms with E-state index in [9.17, 15) is 18.3 Å². The highest BCUT2D eigenvalue weighted by molar-refractivity contribution is 7.89. The fourth-order valence-corrected chi connectivity index (χ4v) is 3.84. The lowest BCUT2D eigenvalue weighted by atomic mass is 9.87. The lowest BCUT2D eigenvalue weighted by molar-refractivity contribution is -0.137. The summed E-state index contributed by atoms with van der Waals surface area (Å²) >= 11 is 0. The third kappa shape index (κ3) is 3.70. The van der Waals surface area contributed by atoms with Crippen LogP contribution in [0.15, 0.2) is 71.6 Å². The number of rotatable bonds is 5. The molecule has 1 atom stereocenters. The van der Waals surface area contributed by atoms with Crippen LogP contribution in [0.2, 0.25) is 0 Å². The van der Waals surface area contributed by atoms with Crippen molar-refractivity contribution in [3.63, 3.8) is 0 Å². The van der Waals surface area contributed by atoms with Crippen molar-refractivity contribution >= 4 is 26.8 Å². The summed E-state index contributed by atoms with van der Waals surface area (Å²) in [5, 5.41) is 16.3. The fraction of sp³-hybridized carbons (Fsp3) is 0.105. The van der Waals surface area contributed by atoms with Crippen LogP contribution in [0.25, 0.3) is 10.8 Å². The Bertz CT molecular complexity index is 1030. The van der Waals surface area contributed by atoms with Crippen LogP contribution >= 0.6 is 0 Å². The minimum absolute atomic E-state index is 0.0405. The van der Waals surface area contributed by atoms with Gasteiger partial charge in [-0.05, 0) is 34.0 Å². The van der Waals surface area contributed by atoms with Gasteiger partial charge in [-0.15, -0.1) is 0 Å². The van der Waals surface area contributed by atoms with Gasteiger partial charge in [0.15, 0.2) is 0 Å². The van der Waals surface area contributed by atoms with Crippen LogP contribution in [-0.4, -0.2) is 19.5 Å². The smallest absolute Gasteiger partial charge is 0.304 e. The lowest BCUT2D eigenvalue weighted by Gasteiger charge is -2.20. The number of aliphatic carboxylic acids is 1. The summed E-state index contributed by atoms with van der Waals surface area (Å²) in [5.74, 6) is -1.63. The molecule has 0 saturated carbocycles. The summed E-state index contributed by atoms with van der Waals surface area (Å²) in [6.07, 6.45) is -0.231. The van der Waals surface area contributed by atoms with Crippen LogP contribution in [0.1, 0.15) is 23.5 Å². The van der Waals surface area contributed by atoms with Crippen molar-refractivity contribution in [2.45, 2.75) is 17.2 Å². The third-order valence-electron chi connectivity index (χ3n) is 4.14. The molecule has 3 aromatic rings. The molecule has 0 aliphatic rings. The van der Waals surface area contributed by atoms with Crippen molar-refractivity contribution in [2.75, 3.05) is 0 Å². The van der Waals surface area contributed by atoms with Crippen LogP contribution in [-0.2, 0) is 14.8 Å². The number of carbonyl (C=O) groups is 1. The molecule has 0 amide bonds. The zero-order valence-corrected chi connectivity index (χ0v) is 14.1. The second-order valence-electron chi connectivity index (χ2n) is 5.84. The fourth-order valence-electron chi connectivity index (χ4n) is 3.02. The Morgan fingerprint density at radius 2 is 1.52 bits per heavy atom. The Morgan fingerprint density at radius 3 is 2.08 bits per heavy atom. The molecular weight excluding hydrogens is 338 g/mol. The summed E-state index contributed by atoms with van der Waals surface area (Å²) in [6.45, 7) is 0. The molecule has 1 unspecified atom stereocenters. The van der Waals surface area contributed by atoms with E-state index in [1.165, 1.54) is 6.07 Å². The van der Waals surface area contributed by atoms with Gasteiger partial charge in [0, 0.05) is 5.92 Å². The van der Waals surface area contributed by atoms with Gasteiger partial charge < -0.3 is 5.11 Å². The van der Waals surface area contributed by atoms with E-state index in [1.54, 1.807) is 42.5 Å². The van der Waals surface area contributed by atoms with Crippen LogP contribution in [0.4, 0.5) is 0 Å². The molecule has 0 aromatic heterocycles. The van der Waals surface area contributed by atoms with Crippen LogP contribution in [0, 0.1) is 0 Å². The molecule has 0 aliphatic heterocycles. The normalized spacial score (nSPS) is 12.8. The Hall–Kier alpha value is -2.70. The lowest BCUT2D eigenvalue weighted by Crippen LogP contribution is -2.18. The minimum atomic E-state index is -4.01. The largest absolute Gasteiger partial charge is 0.481 e. The predicted molar refractivity (Wildman–Crippen MR) is 95.9 cm³/mol. The average Bonchev–Trinajstić information content (AvgIpc) is 2.58. The number of carboxylic acid groups (broad SMARTS) is 1. The molecular formula is C19H17NO4S. The highest BCUT2D eigenvalue weighted by atomic mass is 32.2. The molecule has 0 heterocycles. The molecule has 3 rings (SSSR count). The molecule has 0 spiro atoms. The second-order valence-corrected chi connectivity index (χ2v) is 7.37. The van der Waals surface area contributed by atoms with Gasteiger partial charge in [-0.2, -0.15) is 0 Å². The monoisotopic (exact) mass is 355 g/mol. The molecule has 0 fully saturated rings. The first kappa shape index (κ1) is 17.1. The highest BCUT2D eigenvalue weighted by Crippen LogP contribution is 2.35. The molecule has 0 aliphatic carbocycles. The number of sulfonamides is 1. The summed E-state index contributed by atoms with van der Waals surface area (Å²) in [5.41, 5.74) is 1.12. The van der Waals surface area contributed by atoms with Gasteiger partial charge in [-0.3, -0.25) is 4.79 Å². The van der Waals surface area contributed by atoms with E-state index in [0.29, 0.717) is 5.56 Å². The summed E-state index contributed by atoms with van der Waals surface area (Å²) in [7, 11) is -4.01. The van der Waals surface area contributed by atoms with Crippen molar-refractivity contribution in [3.8, 4) is 0 Å². The first-order valence-corrected chi connectivity index (χ1v) is 9.23. The average molecular weight is 355 g/mol. The first-order chi connectivity index (χ1) is 11.9. The van der Waals surface area contributed by atoms with E-state index in [1.807, 2.05) is 18.2 Å². The zero-order chi connectivity index (χ0) is 18.0. The van der Waals surface area contributed by atoms with E-state index in [-0.39, 0.29) is 11.3 Å². The zero-order valence-electron chi connectivity index (χ0n) is 13.3. The SMILES string of the molecule is NS(=O)(=O)c1cc2ccccc2cc1C(CC(=O)O)c1ccccc1. The van der Waals surface area contributed by atoms with Crippen molar-refractivity contribution in [1.29, 1.82) is 0 Å². The number of primary sulfonamides is 1. The second kappa shape index (κ2) is 6.66. The quantitative estimate of drug-likeness (QED) is 0.735. The molecule has 0 saturated heterocycles. The molecule has 128 valence electrons. The van der Waals surface area contributed by atoms with Crippen molar-refractivity contribution in [1.82, 2.24) is 0 Å². The minimum Gasteiger partial charge on any atom is -0.481 e. The number of hydrogen-bond acceptors (Lipinski definition) is 3. The molecule has 0 bridgehead atoms. The van der Waals surface area contributed by atoms with Crippen LogP contribution in [0.5, 0.6) is 0 Å². The van der Waals surface area contributed by atoms with Gasteiger partial charge in [0.1, 0.15) is 0 Å². The molecule has 5 nitrogen and oxygen atoms in total. The van der Waals surface area contributed by atoms with Gasteiger partial charge >= 0.3 is 5.97 Å². The number of carboxylic acids is 1. The van der Waals surface area contributed by atoms with E-state index in [2.05, 4.69) is 0 Å². The number of fused-ring (bicyclic) bond motifs is 1. The van der Waals surface area contributed by atoms with Crippen molar-refractivity contribution in [2.24, 2.45) is 5.14 Å². The van der Waals surface area contributed by atoms with E-state index in [0.717, 1.165) is 16.3 Å². The predicted octanol–water partition coefficient (Wildman–Crippen LogP) is 3.09. The Labute approximate surface area is 145 Å². The number of benzene rings is 3. The molecule has 3 N–H and O–H groups in total. The maximum absolute atomic E-state index is 12.1. The van der Waals surface area contributed by atoms with Crippen LogP contribution < -0.4 is 5.14 Å². The number of hydrogen-bond donors (Lipinski definition) is 2. The topological polar surface area (TPSA) is 97.5 Å². The van der Waals surface area contributed by atoms with Gasteiger partial charge in [0.2, 0.25) is 10.0 Å².